The molecule has 3 rings (SSSR count). The van der Waals surface area contributed by atoms with Crippen LogP contribution < -0.4 is 15.0 Å². The lowest BCUT2D eigenvalue weighted by molar-refractivity contribution is -0.121. The van der Waals surface area contributed by atoms with Crippen LogP contribution in [0.2, 0.25) is 0 Å². The zero-order valence-corrected chi connectivity index (χ0v) is 14.0. The molecule has 1 unspecified atom stereocenters. The molecule has 24 heavy (non-hydrogen) atoms. The van der Waals surface area contributed by atoms with E-state index >= 15 is 0 Å². The zero-order valence-electron chi connectivity index (χ0n) is 14.0. The van der Waals surface area contributed by atoms with Crippen LogP contribution in [-0.4, -0.2) is 25.0 Å². The molecule has 0 aromatic heterocycles. The molecule has 2 amide bonds. The smallest absolute Gasteiger partial charge is 0.256 e. The number of nitrogens with one attached hydrogen (secondary N) is 1. The predicted molar refractivity (Wildman–Crippen MR) is 93.4 cm³/mol. The minimum atomic E-state index is -0.589. The molecule has 0 saturated carbocycles. The van der Waals surface area contributed by atoms with Crippen molar-refractivity contribution in [3.8, 4) is 5.75 Å². The van der Waals surface area contributed by atoms with Gasteiger partial charge in [-0.05, 0) is 43.2 Å². The molecule has 1 aliphatic heterocycles. The van der Waals surface area contributed by atoms with Crippen LogP contribution in [0.4, 0.5) is 11.4 Å². The van der Waals surface area contributed by atoms with Crippen LogP contribution in [0, 0.1) is 13.8 Å². The maximum absolute atomic E-state index is 12.8. The van der Waals surface area contributed by atoms with Crippen molar-refractivity contribution in [1.29, 1.82) is 0 Å². The molecule has 124 valence electrons. The summed E-state index contributed by atoms with van der Waals surface area (Å²) in [5.74, 6) is 0.212. The number of amides is 2. The highest BCUT2D eigenvalue weighted by Gasteiger charge is 2.40. The van der Waals surface area contributed by atoms with E-state index in [1.807, 2.05) is 56.3 Å². The number of methoxy groups -OCH3 is 1. The molecule has 2 aromatic carbocycles. The average molecular weight is 324 g/mol. The van der Waals surface area contributed by atoms with E-state index in [1.165, 1.54) is 4.90 Å². The summed E-state index contributed by atoms with van der Waals surface area (Å²) < 4.78 is 5.29. The Bertz CT molecular complexity index is 801. The number of nitrogens with zero attached hydrogens (tertiary/aromatic N) is 1. The Morgan fingerprint density at radius 2 is 1.83 bits per heavy atom. The third-order valence-electron chi connectivity index (χ3n) is 4.40. The van der Waals surface area contributed by atoms with E-state index in [0.717, 1.165) is 11.1 Å². The SMILES string of the molecule is COc1ccccc1NC1CC(=O)N(c2cccc(C)c2C)C1=O. The van der Waals surface area contributed by atoms with E-state index in [0.29, 0.717) is 17.1 Å². The van der Waals surface area contributed by atoms with Gasteiger partial charge in [0.25, 0.3) is 5.91 Å². The van der Waals surface area contributed by atoms with E-state index in [2.05, 4.69) is 5.32 Å². The van der Waals surface area contributed by atoms with Gasteiger partial charge in [0.05, 0.1) is 24.9 Å². The summed E-state index contributed by atoms with van der Waals surface area (Å²) in [5.41, 5.74) is 3.36. The molecule has 5 nitrogen and oxygen atoms in total. The lowest BCUT2D eigenvalue weighted by Crippen LogP contribution is -2.35. The maximum atomic E-state index is 12.8. The molecule has 1 fully saturated rings. The monoisotopic (exact) mass is 324 g/mol. The van der Waals surface area contributed by atoms with Crippen molar-refractivity contribution in [2.75, 3.05) is 17.3 Å². The summed E-state index contributed by atoms with van der Waals surface area (Å²) in [6, 6.07) is 12.4. The highest BCUT2D eigenvalue weighted by atomic mass is 16.5. The van der Waals surface area contributed by atoms with E-state index in [1.54, 1.807) is 7.11 Å². The van der Waals surface area contributed by atoms with Crippen molar-refractivity contribution in [3.63, 3.8) is 0 Å². The van der Waals surface area contributed by atoms with Gasteiger partial charge in [-0.25, -0.2) is 4.90 Å². The molecule has 2 aromatic rings. The van der Waals surface area contributed by atoms with E-state index < -0.39 is 6.04 Å². The summed E-state index contributed by atoms with van der Waals surface area (Å²) in [6.45, 7) is 3.89. The largest absolute Gasteiger partial charge is 0.495 e. The Morgan fingerprint density at radius 3 is 2.58 bits per heavy atom. The van der Waals surface area contributed by atoms with Crippen LogP contribution in [0.1, 0.15) is 17.5 Å². The first-order chi connectivity index (χ1) is 11.5. The topological polar surface area (TPSA) is 58.6 Å². The van der Waals surface area contributed by atoms with Crippen molar-refractivity contribution in [1.82, 2.24) is 0 Å². The van der Waals surface area contributed by atoms with Crippen LogP contribution in [0.15, 0.2) is 42.5 Å². The fourth-order valence-electron chi connectivity index (χ4n) is 2.93. The number of para-hydroxylation sites is 2. The molecule has 1 saturated heterocycles. The summed E-state index contributed by atoms with van der Waals surface area (Å²) in [5, 5.41) is 3.14. The van der Waals surface area contributed by atoms with Gasteiger partial charge in [-0.3, -0.25) is 9.59 Å². The van der Waals surface area contributed by atoms with Gasteiger partial charge in [-0.1, -0.05) is 24.3 Å². The molecular weight excluding hydrogens is 304 g/mol. The van der Waals surface area contributed by atoms with Gasteiger partial charge >= 0.3 is 0 Å². The van der Waals surface area contributed by atoms with Crippen molar-refractivity contribution in [2.24, 2.45) is 0 Å². The first-order valence-electron chi connectivity index (χ1n) is 7.85. The van der Waals surface area contributed by atoms with Crippen molar-refractivity contribution in [3.05, 3.63) is 53.6 Å². The Labute approximate surface area is 141 Å². The van der Waals surface area contributed by atoms with Crippen LogP contribution in [0.25, 0.3) is 0 Å². The number of aryl methyl sites for hydroxylation is 1. The zero-order chi connectivity index (χ0) is 17.3. The normalized spacial score (nSPS) is 17.3. The lowest BCUT2D eigenvalue weighted by Gasteiger charge is -2.19. The van der Waals surface area contributed by atoms with E-state index in [9.17, 15) is 9.59 Å². The molecule has 0 aliphatic carbocycles. The summed E-state index contributed by atoms with van der Waals surface area (Å²) in [6.07, 6.45) is 0.129. The van der Waals surface area contributed by atoms with Gasteiger partial charge < -0.3 is 10.1 Å². The first-order valence-corrected chi connectivity index (χ1v) is 7.85. The van der Waals surface area contributed by atoms with Gasteiger partial charge in [0.2, 0.25) is 5.91 Å². The molecule has 1 aliphatic rings. The van der Waals surface area contributed by atoms with E-state index in [-0.39, 0.29) is 18.2 Å². The Balaban J connectivity index is 1.88. The van der Waals surface area contributed by atoms with Gasteiger partial charge in [0.1, 0.15) is 11.8 Å². The highest BCUT2D eigenvalue weighted by molar-refractivity contribution is 6.23. The van der Waals surface area contributed by atoms with Crippen molar-refractivity contribution in [2.45, 2.75) is 26.3 Å². The molecule has 1 atom stereocenters. The molecule has 1 N–H and O–H groups in total. The van der Waals surface area contributed by atoms with Crippen LogP contribution in [-0.2, 0) is 9.59 Å². The van der Waals surface area contributed by atoms with E-state index in [4.69, 9.17) is 4.74 Å². The van der Waals surface area contributed by atoms with Crippen LogP contribution >= 0.6 is 0 Å². The second kappa shape index (κ2) is 6.35. The molecule has 0 bridgehead atoms. The molecule has 1 heterocycles. The highest BCUT2D eigenvalue weighted by Crippen LogP contribution is 2.31. The first kappa shape index (κ1) is 16.1. The molecule has 0 spiro atoms. The van der Waals surface area contributed by atoms with Gasteiger partial charge in [-0.2, -0.15) is 0 Å². The lowest BCUT2D eigenvalue weighted by atomic mass is 10.1. The second-order valence-corrected chi connectivity index (χ2v) is 5.89. The van der Waals surface area contributed by atoms with Crippen molar-refractivity contribution < 1.29 is 14.3 Å². The standard InChI is InChI=1S/C19H20N2O3/c1-12-7-6-9-16(13(12)2)21-18(22)11-15(19(21)23)20-14-8-4-5-10-17(14)24-3/h4-10,15,20H,11H2,1-3H3. The Morgan fingerprint density at radius 1 is 1.08 bits per heavy atom. The van der Waals surface area contributed by atoms with Crippen molar-refractivity contribution >= 4 is 23.2 Å². The predicted octanol–water partition coefficient (Wildman–Crippen LogP) is 3.06. The number of carbonyl (C=O) groups excluding carboxylic acids is 2. The number of benzene rings is 2. The number of anilines is 2. The summed E-state index contributed by atoms with van der Waals surface area (Å²) in [4.78, 5) is 26.5. The number of ether oxygens (including phenoxy) is 1. The third kappa shape index (κ3) is 2.73. The van der Waals surface area contributed by atoms with Gasteiger partial charge in [0, 0.05) is 0 Å². The van der Waals surface area contributed by atoms with Gasteiger partial charge in [-0.15, -0.1) is 0 Å². The number of hydrogen-bond donors (Lipinski definition) is 1. The number of imide groups is 1. The second-order valence-electron chi connectivity index (χ2n) is 5.89. The maximum Gasteiger partial charge on any atom is 0.256 e. The quantitative estimate of drug-likeness (QED) is 0.878. The number of hydrogen-bond acceptors (Lipinski definition) is 4. The number of rotatable bonds is 4. The Hall–Kier alpha value is -2.82. The molecular formula is C19H20N2O3. The minimum Gasteiger partial charge on any atom is -0.495 e. The number of carbonyl (C=O) groups is 2. The van der Waals surface area contributed by atoms with Crippen LogP contribution in [0.3, 0.4) is 0 Å². The fourth-order valence-corrected chi connectivity index (χ4v) is 2.93. The third-order valence-corrected chi connectivity index (χ3v) is 4.40. The fraction of sp³-hybridized carbons (Fsp3) is 0.263. The average Bonchev–Trinajstić information content (AvgIpc) is 2.85. The van der Waals surface area contributed by atoms with Crippen LogP contribution in [0.5, 0.6) is 5.75 Å². The summed E-state index contributed by atoms with van der Waals surface area (Å²) in [7, 11) is 1.57. The molecule has 0 radical (unpaired) electrons. The summed E-state index contributed by atoms with van der Waals surface area (Å²) >= 11 is 0. The molecule has 5 heteroatoms. The minimum absolute atomic E-state index is 0.129. The Kier molecular flexibility index (Phi) is 4.25. The van der Waals surface area contributed by atoms with Gasteiger partial charge in [0.15, 0.2) is 0 Å².